The molecule has 1 aromatic heterocycles. The van der Waals surface area contributed by atoms with Crippen LogP contribution in [0.25, 0.3) is 0 Å². The van der Waals surface area contributed by atoms with Crippen molar-refractivity contribution in [2.45, 2.75) is 45.3 Å². The molecule has 4 rings (SSSR count). The molecule has 2 aliphatic heterocycles. The summed E-state index contributed by atoms with van der Waals surface area (Å²) in [6.07, 6.45) is 5.79. The third-order valence-corrected chi connectivity index (χ3v) is 6.90. The Balaban J connectivity index is 0.00000240. The molecule has 2 saturated heterocycles. The molecule has 0 aliphatic carbocycles. The molecule has 3 heterocycles. The standard InChI is InChI=1S/C22H31N5S.HI/c1-17-13-24-21(28-17)14-25-22(23-2)27-12-10-20-19(16-27)9-6-11-26(20)15-18-7-4-3-5-8-18;/h3-5,7-8,13,19-20H,6,9-12,14-16H2,1-2H3,(H,23,25);1H. The van der Waals surface area contributed by atoms with Crippen LogP contribution < -0.4 is 5.32 Å². The number of guanidine groups is 1. The smallest absolute Gasteiger partial charge is 0.194 e. The summed E-state index contributed by atoms with van der Waals surface area (Å²) in [6.45, 7) is 7.35. The van der Waals surface area contributed by atoms with Gasteiger partial charge in [0, 0.05) is 43.8 Å². The monoisotopic (exact) mass is 525 g/mol. The van der Waals surface area contributed by atoms with Crippen molar-refractivity contribution in [2.24, 2.45) is 10.9 Å². The summed E-state index contributed by atoms with van der Waals surface area (Å²) in [5.41, 5.74) is 1.43. The number of rotatable bonds is 4. The Morgan fingerprint density at radius 1 is 1.24 bits per heavy atom. The molecule has 2 unspecified atom stereocenters. The Labute approximate surface area is 195 Å². The van der Waals surface area contributed by atoms with E-state index in [1.807, 2.05) is 13.2 Å². The van der Waals surface area contributed by atoms with E-state index in [1.165, 1.54) is 36.2 Å². The van der Waals surface area contributed by atoms with Crippen LogP contribution in [0, 0.1) is 12.8 Å². The fourth-order valence-electron chi connectivity index (χ4n) is 4.68. The van der Waals surface area contributed by atoms with Crippen LogP contribution in [0.4, 0.5) is 0 Å². The number of nitrogens with zero attached hydrogens (tertiary/aromatic N) is 4. The van der Waals surface area contributed by atoms with E-state index in [4.69, 9.17) is 0 Å². The number of fused-ring (bicyclic) bond motifs is 1. The van der Waals surface area contributed by atoms with E-state index in [9.17, 15) is 0 Å². The predicted molar refractivity (Wildman–Crippen MR) is 132 cm³/mol. The third-order valence-electron chi connectivity index (χ3n) is 5.99. The minimum absolute atomic E-state index is 0. The maximum atomic E-state index is 4.55. The third kappa shape index (κ3) is 5.70. The maximum absolute atomic E-state index is 4.55. The van der Waals surface area contributed by atoms with Gasteiger partial charge in [-0.3, -0.25) is 9.89 Å². The van der Waals surface area contributed by atoms with Crippen LogP contribution in [0.1, 0.15) is 34.7 Å². The average molecular weight is 526 g/mol. The maximum Gasteiger partial charge on any atom is 0.194 e. The van der Waals surface area contributed by atoms with Crippen LogP contribution in [0.5, 0.6) is 0 Å². The van der Waals surface area contributed by atoms with Gasteiger partial charge in [0.25, 0.3) is 0 Å². The van der Waals surface area contributed by atoms with E-state index in [1.54, 1.807) is 11.3 Å². The van der Waals surface area contributed by atoms with Gasteiger partial charge >= 0.3 is 0 Å². The summed E-state index contributed by atoms with van der Waals surface area (Å²) in [4.78, 5) is 15.4. The molecule has 2 aromatic rings. The van der Waals surface area contributed by atoms with Gasteiger partial charge in [0.15, 0.2) is 5.96 Å². The van der Waals surface area contributed by atoms with Crippen LogP contribution in [0.15, 0.2) is 41.5 Å². The fourth-order valence-corrected chi connectivity index (χ4v) is 5.41. The van der Waals surface area contributed by atoms with Crippen molar-refractivity contribution in [3.63, 3.8) is 0 Å². The molecule has 5 nitrogen and oxygen atoms in total. The number of aromatic nitrogens is 1. The van der Waals surface area contributed by atoms with Crippen molar-refractivity contribution in [3.05, 3.63) is 52.0 Å². The van der Waals surface area contributed by atoms with E-state index in [0.29, 0.717) is 6.04 Å². The highest BCUT2D eigenvalue weighted by Crippen LogP contribution is 2.31. The van der Waals surface area contributed by atoms with Crippen molar-refractivity contribution in [1.29, 1.82) is 0 Å². The fraction of sp³-hybridized carbons (Fsp3) is 0.545. The highest BCUT2D eigenvalue weighted by molar-refractivity contribution is 14.0. The number of likely N-dealkylation sites (tertiary alicyclic amines) is 2. The Hall–Kier alpha value is -1.19. The molecule has 2 aliphatic rings. The minimum Gasteiger partial charge on any atom is -0.350 e. The van der Waals surface area contributed by atoms with E-state index >= 15 is 0 Å². The van der Waals surface area contributed by atoms with Gasteiger partial charge in [-0.2, -0.15) is 0 Å². The molecular formula is C22H32IN5S. The van der Waals surface area contributed by atoms with Gasteiger partial charge in [0.1, 0.15) is 5.01 Å². The molecule has 0 spiro atoms. The van der Waals surface area contributed by atoms with Gasteiger partial charge in [0.05, 0.1) is 6.54 Å². The van der Waals surface area contributed by atoms with Crippen LogP contribution in [0.3, 0.4) is 0 Å². The Morgan fingerprint density at radius 3 is 2.79 bits per heavy atom. The van der Waals surface area contributed by atoms with E-state index in [2.05, 4.69) is 62.3 Å². The number of aryl methyl sites for hydroxylation is 1. The SMILES string of the molecule is CN=C(NCc1ncc(C)s1)N1CCC2C(CCCN2Cc2ccccc2)C1.I. The lowest BCUT2D eigenvalue weighted by molar-refractivity contribution is 0.0372. The van der Waals surface area contributed by atoms with Crippen molar-refractivity contribution < 1.29 is 0 Å². The summed E-state index contributed by atoms with van der Waals surface area (Å²) < 4.78 is 0. The number of halogens is 1. The van der Waals surface area contributed by atoms with Crippen LogP contribution in [-0.2, 0) is 13.1 Å². The first kappa shape index (κ1) is 22.5. The number of hydrogen-bond acceptors (Lipinski definition) is 4. The molecule has 0 radical (unpaired) electrons. The normalized spacial score (nSPS) is 22.7. The molecule has 2 fully saturated rings. The lowest BCUT2D eigenvalue weighted by atomic mass is 9.83. The molecular weight excluding hydrogens is 493 g/mol. The summed E-state index contributed by atoms with van der Waals surface area (Å²) in [5, 5.41) is 4.65. The van der Waals surface area contributed by atoms with Crippen LogP contribution >= 0.6 is 35.3 Å². The second kappa shape index (κ2) is 10.7. The Bertz CT molecular complexity index is 794. The number of thiazole rings is 1. The molecule has 0 saturated carbocycles. The minimum atomic E-state index is 0. The second-order valence-electron chi connectivity index (χ2n) is 7.93. The average Bonchev–Trinajstić information content (AvgIpc) is 3.14. The van der Waals surface area contributed by atoms with E-state index in [0.717, 1.165) is 43.1 Å². The van der Waals surface area contributed by atoms with Crippen molar-refractivity contribution >= 4 is 41.3 Å². The zero-order valence-corrected chi connectivity index (χ0v) is 20.5. The lowest BCUT2D eigenvalue weighted by Gasteiger charge is -2.48. The van der Waals surface area contributed by atoms with Gasteiger partial charge in [0.2, 0.25) is 0 Å². The summed E-state index contributed by atoms with van der Waals surface area (Å²) >= 11 is 1.75. The van der Waals surface area contributed by atoms with Crippen LogP contribution in [-0.4, -0.2) is 53.5 Å². The summed E-state index contributed by atoms with van der Waals surface area (Å²) in [5.74, 6) is 1.75. The first-order valence-corrected chi connectivity index (χ1v) is 11.2. The molecule has 29 heavy (non-hydrogen) atoms. The number of piperidine rings is 2. The van der Waals surface area contributed by atoms with Gasteiger partial charge in [-0.25, -0.2) is 4.98 Å². The molecule has 1 N–H and O–H groups in total. The molecule has 2 atom stereocenters. The molecule has 0 bridgehead atoms. The largest absolute Gasteiger partial charge is 0.350 e. The number of benzene rings is 1. The zero-order chi connectivity index (χ0) is 19.3. The van der Waals surface area contributed by atoms with Crippen molar-refractivity contribution in [3.8, 4) is 0 Å². The summed E-state index contributed by atoms with van der Waals surface area (Å²) in [6, 6.07) is 11.6. The van der Waals surface area contributed by atoms with Crippen molar-refractivity contribution in [1.82, 2.24) is 20.1 Å². The number of nitrogens with one attached hydrogen (secondary N) is 1. The molecule has 1 aromatic carbocycles. The van der Waals surface area contributed by atoms with Gasteiger partial charge in [-0.05, 0) is 44.2 Å². The highest BCUT2D eigenvalue weighted by Gasteiger charge is 2.36. The molecule has 158 valence electrons. The Morgan fingerprint density at radius 2 is 2.07 bits per heavy atom. The van der Waals surface area contributed by atoms with Crippen molar-refractivity contribution in [2.75, 3.05) is 26.7 Å². The zero-order valence-electron chi connectivity index (χ0n) is 17.4. The first-order chi connectivity index (χ1) is 13.7. The number of aliphatic imine (C=N–C) groups is 1. The van der Waals surface area contributed by atoms with Gasteiger partial charge < -0.3 is 10.2 Å². The second-order valence-corrected chi connectivity index (χ2v) is 9.25. The summed E-state index contributed by atoms with van der Waals surface area (Å²) in [7, 11) is 1.89. The molecule has 0 amide bonds. The van der Waals surface area contributed by atoms with Crippen LogP contribution in [0.2, 0.25) is 0 Å². The number of hydrogen-bond donors (Lipinski definition) is 1. The molecule has 7 heteroatoms. The van der Waals surface area contributed by atoms with E-state index < -0.39 is 0 Å². The van der Waals surface area contributed by atoms with E-state index in [-0.39, 0.29) is 24.0 Å². The Kier molecular flexibility index (Phi) is 8.32. The lowest BCUT2D eigenvalue weighted by Crippen LogP contribution is -2.56. The predicted octanol–water partition coefficient (Wildman–Crippen LogP) is 4.13. The quantitative estimate of drug-likeness (QED) is 0.371. The first-order valence-electron chi connectivity index (χ1n) is 10.4. The van der Waals surface area contributed by atoms with Gasteiger partial charge in [-0.15, -0.1) is 35.3 Å². The van der Waals surface area contributed by atoms with Gasteiger partial charge in [-0.1, -0.05) is 30.3 Å². The highest BCUT2D eigenvalue weighted by atomic mass is 127. The topological polar surface area (TPSA) is 43.8 Å².